The monoisotopic (exact) mass is 261 g/mol. The smallest absolute Gasteiger partial charge is 0.134 e. The molecule has 1 atom stereocenters. The predicted molar refractivity (Wildman–Crippen MR) is 78.3 cm³/mol. The van der Waals surface area contributed by atoms with Crippen molar-refractivity contribution in [1.29, 1.82) is 0 Å². The fourth-order valence-corrected chi connectivity index (χ4v) is 2.00. The quantitative estimate of drug-likeness (QED) is 0.771. The van der Waals surface area contributed by atoms with Crippen molar-refractivity contribution in [3.8, 4) is 0 Å². The molecule has 1 N–H and O–H groups in total. The van der Waals surface area contributed by atoms with Crippen LogP contribution in [0.3, 0.4) is 0 Å². The number of para-hydroxylation sites is 1. The minimum atomic E-state index is 0.111. The van der Waals surface area contributed by atoms with E-state index in [-0.39, 0.29) is 6.04 Å². The van der Waals surface area contributed by atoms with Crippen LogP contribution in [0.1, 0.15) is 32.1 Å². The van der Waals surface area contributed by atoms with E-state index in [9.17, 15) is 0 Å². The molecular weight excluding hydrogens is 238 g/mol. The molecule has 3 nitrogen and oxygen atoms in total. The van der Waals surface area contributed by atoms with Gasteiger partial charge in [0.25, 0.3) is 0 Å². The molecule has 0 fully saturated rings. The lowest BCUT2D eigenvalue weighted by molar-refractivity contribution is 0.0992. The van der Waals surface area contributed by atoms with E-state index in [4.69, 9.17) is 9.15 Å². The van der Waals surface area contributed by atoms with Gasteiger partial charge in [0.1, 0.15) is 11.3 Å². The summed E-state index contributed by atoms with van der Waals surface area (Å²) in [4.78, 5) is 0. The van der Waals surface area contributed by atoms with Crippen LogP contribution in [0.15, 0.2) is 34.7 Å². The number of hydrogen-bond donors (Lipinski definition) is 1. The highest BCUT2D eigenvalue weighted by atomic mass is 16.5. The predicted octanol–water partition coefficient (Wildman–Crippen LogP) is 3.76. The van der Waals surface area contributed by atoms with E-state index in [0.29, 0.717) is 12.5 Å². The summed E-state index contributed by atoms with van der Waals surface area (Å²) < 4.78 is 11.6. The van der Waals surface area contributed by atoms with Crippen LogP contribution in [0.4, 0.5) is 0 Å². The fraction of sp³-hybridized carbons (Fsp3) is 0.500. The Kier molecular flexibility index (Phi) is 5.00. The molecule has 2 aromatic rings. The first kappa shape index (κ1) is 14.1. The van der Waals surface area contributed by atoms with Gasteiger partial charge in [-0.1, -0.05) is 32.0 Å². The largest absolute Gasteiger partial charge is 0.459 e. The maximum atomic E-state index is 5.86. The van der Waals surface area contributed by atoms with Gasteiger partial charge in [0.05, 0.1) is 12.6 Å². The molecule has 0 spiro atoms. The van der Waals surface area contributed by atoms with Crippen molar-refractivity contribution in [3.63, 3.8) is 0 Å². The molecule has 0 saturated carbocycles. The maximum absolute atomic E-state index is 5.86. The molecule has 1 heterocycles. The van der Waals surface area contributed by atoms with E-state index < -0.39 is 0 Å². The summed E-state index contributed by atoms with van der Waals surface area (Å²) in [6.45, 7) is 5.86. The second kappa shape index (κ2) is 6.73. The van der Waals surface area contributed by atoms with E-state index in [1.54, 1.807) is 0 Å². The molecule has 1 unspecified atom stereocenters. The van der Waals surface area contributed by atoms with Crippen molar-refractivity contribution in [2.75, 3.05) is 20.3 Å². The normalized spacial score (nSPS) is 13.3. The van der Waals surface area contributed by atoms with Crippen LogP contribution >= 0.6 is 0 Å². The van der Waals surface area contributed by atoms with Crippen molar-refractivity contribution in [2.45, 2.75) is 26.3 Å². The summed E-state index contributed by atoms with van der Waals surface area (Å²) in [6, 6.07) is 10.3. The first-order valence-corrected chi connectivity index (χ1v) is 6.94. The molecule has 0 aliphatic rings. The maximum Gasteiger partial charge on any atom is 0.134 e. The number of furan rings is 1. The van der Waals surface area contributed by atoms with Crippen LogP contribution in [0.5, 0.6) is 0 Å². The molecule has 19 heavy (non-hydrogen) atoms. The highest BCUT2D eigenvalue weighted by Gasteiger charge is 2.14. The van der Waals surface area contributed by atoms with E-state index >= 15 is 0 Å². The molecule has 0 radical (unpaired) electrons. The Morgan fingerprint density at radius 1 is 1.26 bits per heavy atom. The second-order valence-corrected chi connectivity index (χ2v) is 5.29. The lowest BCUT2D eigenvalue weighted by atomic mass is 10.1. The molecule has 0 saturated heterocycles. The average molecular weight is 261 g/mol. The summed E-state index contributed by atoms with van der Waals surface area (Å²) >= 11 is 0. The Hall–Kier alpha value is -1.32. The van der Waals surface area contributed by atoms with Crippen molar-refractivity contribution in [1.82, 2.24) is 5.32 Å². The molecule has 3 heteroatoms. The number of rotatable bonds is 7. The molecule has 0 amide bonds. The molecule has 0 bridgehead atoms. The van der Waals surface area contributed by atoms with Gasteiger partial charge in [0.15, 0.2) is 0 Å². The van der Waals surface area contributed by atoms with Crippen LogP contribution in [0.25, 0.3) is 11.0 Å². The summed E-state index contributed by atoms with van der Waals surface area (Å²) in [5, 5.41) is 4.39. The van der Waals surface area contributed by atoms with Crippen molar-refractivity contribution in [3.05, 3.63) is 36.1 Å². The van der Waals surface area contributed by atoms with Crippen molar-refractivity contribution < 1.29 is 9.15 Å². The molecular formula is C16H23NO2. The third-order valence-corrected chi connectivity index (χ3v) is 3.26. The minimum absolute atomic E-state index is 0.111. The average Bonchev–Trinajstić information content (AvgIpc) is 2.82. The SMILES string of the molecule is CNC(COCCC(C)C)c1cc2ccccc2o1. The number of benzene rings is 1. The highest BCUT2D eigenvalue weighted by Crippen LogP contribution is 2.23. The number of ether oxygens (including phenoxy) is 1. The van der Waals surface area contributed by atoms with Gasteiger partial charge in [-0.15, -0.1) is 0 Å². The Morgan fingerprint density at radius 3 is 2.74 bits per heavy atom. The summed E-state index contributed by atoms with van der Waals surface area (Å²) in [5.41, 5.74) is 0.930. The molecule has 1 aromatic carbocycles. The summed E-state index contributed by atoms with van der Waals surface area (Å²) in [5.74, 6) is 1.62. The minimum Gasteiger partial charge on any atom is -0.459 e. The highest BCUT2D eigenvalue weighted by molar-refractivity contribution is 5.77. The van der Waals surface area contributed by atoms with Gasteiger partial charge in [-0.05, 0) is 31.5 Å². The van der Waals surface area contributed by atoms with Gasteiger partial charge >= 0.3 is 0 Å². The van der Waals surface area contributed by atoms with E-state index in [2.05, 4.69) is 31.3 Å². The van der Waals surface area contributed by atoms with Gasteiger partial charge in [-0.25, -0.2) is 0 Å². The number of nitrogens with one attached hydrogen (secondary N) is 1. The van der Waals surface area contributed by atoms with Gasteiger partial charge in [0, 0.05) is 12.0 Å². The van der Waals surface area contributed by atoms with Crippen LogP contribution in [-0.2, 0) is 4.74 Å². The Morgan fingerprint density at radius 2 is 2.05 bits per heavy atom. The van der Waals surface area contributed by atoms with Crippen LogP contribution in [-0.4, -0.2) is 20.3 Å². The van der Waals surface area contributed by atoms with Crippen molar-refractivity contribution in [2.24, 2.45) is 5.92 Å². The van der Waals surface area contributed by atoms with E-state index in [1.807, 2.05) is 25.2 Å². The molecule has 0 aliphatic carbocycles. The Bertz CT molecular complexity index is 471. The molecule has 2 rings (SSSR count). The zero-order valence-corrected chi connectivity index (χ0v) is 12.0. The van der Waals surface area contributed by atoms with Gasteiger partial charge < -0.3 is 14.5 Å². The fourth-order valence-electron chi connectivity index (χ4n) is 2.00. The van der Waals surface area contributed by atoms with E-state index in [0.717, 1.165) is 29.8 Å². The van der Waals surface area contributed by atoms with Gasteiger partial charge in [-0.2, -0.15) is 0 Å². The lowest BCUT2D eigenvalue weighted by Crippen LogP contribution is -2.21. The molecule has 1 aromatic heterocycles. The van der Waals surface area contributed by atoms with Crippen LogP contribution < -0.4 is 5.32 Å². The first-order valence-electron chi connectivity index (χ1n) is 6.94. The second-order valence-electron chi connectivity index (χ2n) is 5.29. The Balaban J connectivity index is 1.96. The summed E-state index contributed by atoms with van der Waals surface area (Å²) in [6.07, 6.45) is 1.09. The third kappa shape index (κ3) is 3.82. The number of likely N-dealkylation sites (N-methyl/N-ethyl adjacent to an activating group) is 1. The summed E-state index contributed by atoms with van der Waals surface area (Å²) in [7, 11) is 1.93. The number of fused-ring (bicyclic) bond motifs is 1. The molecule has 104 valence electrons. The topological polar surface area (TPSA) is 34.4 Å². The standard InChI is InChI=1S/C16H23NO2/c1-12(2)8-9-18-11-14(17-3)16-10-13-6-4-5-7-15(13)19-16/h4-7,10,12,14,17H,8-9,11H2,1-3H3. The van der Waals surface area contributed by atoms with Crippen LogP contribution in [0, 0.1) is 5.92 Å². The van der Waals surface area contributed by atoms with Gasteiger partial charge in [0.2, 0.25) is 0 Å². The van der Waals surface area contributed by atoms with E-state index in [1.165, 1.54) is 0 Å². The van der Waals surface area contributed by atoms with Crippen molar-refractivity contribution >= 4 is 11.0 Å². The third-order valence-electron chi connectivity index (χ3n) is 3.26. The first-order chi connectivity index (χ1) is 9.20. The lowest BCUT2D eigenvalue weighted by Gasteiger charge is -2.14. The zero-order valence-electron chi connectivity index (χ0n) is 12.0. The van der Waals surface area contributed by atoms with Crippen LogP contribution in [0.2, 0.25) is 0 Å². The number of hydrogen-bond acceptors (Lipinski definition) is 3. The van der Waals surface area contributed by atoms with Gasteiger partial charge in [-0.3, -0.25) is 0 Å². The Labute approximate surface area is 114 Å². The zero-order chi connectivity index (χ0) is 13.7. The molecule has 0 aliphatic heterocycles.